The summed E-state index contributed by atoms with van der Waals surface area (Å²) in [5.41, 5.74) is 0.981. The van der Waals surface area contributed by atoms with E-state index in [1.54, 1.807) is 6.07 Å². The van der Waals surface area contributed by atoms with Crippen LogP contribution in [-0.4, -0.2) is 67.7 Å². The standard InChI is InChI=1S/C45H37F7N10O2S/c1-22-20-44(48,49)38-35(22)37(45(50,51)52)59-62(38)21-34(63)53-32(16-23-14-25(46)18-26(47)15-23)36-27(24-6-7-29-28(17-24)40(64)58-43(29)8-9-43)19-33-39(56-36)57-42(65-33)61-12-10-60(11-13-61)41-54-30-4-2-3-5-31(30)55-41/h2-7,14-15,17-19,22,32H,8-13,16,20-21H2,1H3,(H,53,63)(H,54,55)(H,58,64)/t22-,32-/m0/s1. The molecule has 2 fully saturated rings. The molecule has 3 N–H and O–H groups in total. The summed E-state index contributed by atoms with van der Waals surface area (Å²) in [6.07, 6.45) is -4.68. The summed E-state index contributed by atoms with van der Waals surface area (Å²) >= 11 is 1.38. The van der Waals surface area contributed by atoms with Crippen molar-refractivity contribution in [1.82, 2.24) is 40.3 Å². The van der Waals surface area contributed by atoms with Crippen LogP contribution < -0.4 is 20.4 Å². The number of carbonyl (C=O) groups is 2. The number of para-hydroxylation sites is 2. The molecule has 2 aliphatic carbocycles. The summed E-state index contributed by atoms with van der Waals surface area (Å²) in [7, 11) is 0. The van der Waals surface area contributed by atoms with Gasteiger partial charge in [-0.15, -0.1) is 0 Å². The van der Waals surface area contributed by atoms with Crippen molar-refractivity contribution in [2.24, 2.45) is 0 Å². The van der Waals surface area contributed by atoms with Gasteiger partial charge in [0.25, 0.3) is 11.8 Å². The number of benzene rings is 3. The lowest BCUT2D eigenvalue weighted by Gasteiger charge is -2.34. The maximum Gasteiger partial charge on any atom is 0.435 e. The van der Waals surface area contributed by atoms with Gasteiger partial charge in [-0.1, -0.05) is 42.5 Å². The number of alkyl halides is 5. The van der Waals surface area contributed by atoms with E-state index >= 15 is 8.78 Å². The van der Waals surface area contributed by atoms with Gasteiger partial charge in [0, 0.05) is 55.4 Å². The highest BCUT2D eigenvalue weighted by molar-refractivity contribution is 7.22. The average Bonchev–Trinajstić information content (AvgIpc) is 3.62. The number of hydrogen-bond acceptors (Lipinski definition) is 9. The van der Waals surface area contributed by atoms with Gasteiger partial charge in [-0.2, -0.15) is 32.0 Å². The second-order valence-corrected chi connectivity index (χ2v) is 18.3. The molecule has 11 rings (SSSR count). The minimum absolute atomic E-state index is 0.0886. The summed E-state index contributed by atoms with van der Waals surface area (Å²) in [5, 5.41) is 9.96. The first-order valence-electron chi connectivity index (χ1n) is 21.1. The van der Waals surface area contributed by atoms with Crippen molar-refractivity contribution in [2.75, 3.05) is 36.0 Å². The zero-order valence-electron chi connectivity index (χ0n) is 34.4. The van der Waals surface area contributed by atoms with Gasteiger partial charge in [0.2, 0.25) is 11.9 Å². The van der Waals surface area contributed by atoms with Crippen LogP contribution in [-0.2, 0) is 35.4 Å². The molecule has 0 bridgehead atoms. The number of pyridine rings is 1. The molecule has 6 heterocycles. The first kappa shape index (κ1) is 41.2. The third-order valence-electron chi connectivity index (χ3n) is 12.8. The molecule has 334 valence electrons. The number of H-pyrrole nitrogens is 1. The fourth-order valence-corrected chi connectivity index (χ4v) is 10.7. The Balaban J connectivity index is 0.982. The molecule has 0 radical (unpaired) electrons. The van der Waals surface area contributed by atoms with Crippen LogP contribution >= 0.6 is 11.3 Å². The monoisotopic (exact) mass is 914 g/mol. The number of imidazole rings is 1. The minimum Gasteiger partial charge on any atom is -0.346 e. The first-order valence-corrected chi connectivity index (χ1v) is 21.9. The van der Waals surface area contributed by atoms with Crippen LogP contribution in [0.5, 0.6) is 0 Å². The topological polar surface area (TPSA) is 137 Å². The minimum atomic E-state index is -5.07. The largest absolute Gasteiger partial charge is 0.435 e. The molecule has 1 saturated carbocycles. The third kappa shape index (κ3) is 7.21. The van der Waals surface area contributed by atoms with E-state index in [4.69, 9.17) is 15.0 Å². The van der Waals surface area contributed by atoms with Crippen molar-refractivity contribution < 1.29 is 40.3 Å². The predicted molar refractivity (Wildman–Crippen MR) is 227 cm³/mol. The van der Waals surface area contributed by atoms with E-state index in [1.165, 1.54) is 18.3 Å². The smallest absolute Gasteiger partial charge is 0.346 e. The number of anilines is 2. The number of fused-ring (bicyclic) bond motifs is 5. The Hall–Kier alpha value is -6.57. The van der Waals surface area contributed by atoms with E-state index in [0.717, 1.165) is 47.5 Å². The van der Waals surface area contributed by atoms with Gasteiger partial charge in [-0.3, -0.25) is 14.3 Å². The van der Waals surface area contributed by atoms with Crippen molar-refractivity contribution in [3.8, 4) is 11.1 Å². The molecular weight excluding hydrogens is 878 g/mol. The molecule has 65 heavy (non-hydrogen) atoms. The highest BCUT2D eigenvalue weighted by Gasteiger charge is 2.54. The number of amides is 2. The Morgan fingerprint density at radius 3 is 2.40 bits per heavy atom. The van der Waals surface area contributed by atoms with Crippen LogP contribution in [0.2, 0.25) is 0 Å². The van der Waals surface area contributed by atoms with Crippen molar-refractivity contribution >= 4 is 55.6 Å². The summed E-state index contributed by atoms with van der Waals surface area (Å²) in [4.78, 5) is 49.7. The second kappa shape index (κ2) is 14.7. The van der Waals surface area contributed by atoms with Crippen LogP contribution in [0, 0.1) is 11.6 Å². The van der Waals surface area contributed by atoms with E-state index in [-0.39, 0.29) is 29.2 Å². The molecule has 3 aromatic carbocycles. The number of rotatable bonds is 9. The fourth-order valence-electron chi connectivity index (χ4n) is 9.68. The molecule has 4 aliphatic rings. The van der Waals surface area contributed by atoms with Crippen LogP contribution in [0.3, 0.4) is 0 Å². The van der Waals surface area contributed by atoms with E-state index < -0.39 is 77.1 Å². The fraction of sp³-hybridized carbons (Fsp3) is 0.333. The quantitative estimate of drug-likeness (QED) is 0.123. The van der Waals surface area contributed by atoms with Crippen molar-refractivity contribution in [1.29, 1.82) is 0 Å². The molecule has 2 atom stereocenters. The normalized spacial score (nSPS) is 19.0. The van der Waals surface area contributed by atoms with Crippen molar-refractivity contribution in [3.05, 3.63) is 118 Å². The molecule has 2 aliphatic heterocycles. The van der Waals surface area contributed by atoms with Gasteiger partial charge < -0.3 is 25.4 Å². The second-order valence-electron chi connectivity index (χ2n) is 17.3. The average molecular weight is 915 g/mol. The molecule has 12 nitrogen and oxygen atoms in total. The molecule has 1 spiro atoms. The Bertz CT molecular complexity index is 3040. The van der Waals surface area contributed by atoms with Gasteiger partial charge in [-0.25, -0.2) is 18.7 Å². The lowest BCUT2D eigenvalue weighted by Crippen LogP contribution is -2.46. The highest BCUT2D eigenvalue weighted by atomic mass is 32.1. The lowest BCUT2D eigenvalue weighted by molar-refractivity contribution is -0.142. The third-order valence-corrected chi connectivity index (χ3v) is 13.9. The molecule has 20 heteroatoms. The van der Waals surface area contributed by atoms with Crippen molar-refractivity contribution in [3.63, 3.8) is 0 Å². The number of aromatic amines is 1. The zero-order chi connectivity index (χ0) is 45.2. The van der Waals surface area contributed by atoms with Gasteiger partial charge in [0.05, 0.1) is 33.0 Å². The number of nitrogens with zero attached hydrogens (tertiary/aromatic N) is 7. The number of thiazole rings is 1. The number of aromatic nitrogens is 6. The SMILES string of the molecule is C[C@H]1CC(F)(F)c2c1c(C(F)(F)F)nn2CC(=O)N[C@@H](Cc1cc(F)cc(F)c1)c1nc2nc(N3CCN(c4nc5ccccc5[nH]4)CC3)sc2cc1-c1ccc2c(c1)C(=O)NC21CC1. The number of piperazine rings is 1. The molecule has 0 unspecified atom stereocenters. The predicted octanol–water partition coefficient (Wildman–Crippen LogP) is 8.49. The highest BCUT2D eigenvalue weighted by Crippen LogP contribution is 2.53. The summed E-state index contributed by atoms with van der Waals surface area (Å²) in [6.45, 7) is 2.66. The number of carbonyl (C=O) groups excluding carboxylic acids is 2. The first-order chi connectivity index (χ1) is 31.0. The van der Waals surface area contributed by atoms with Crippen LogP contribution in [0.25, 0.3) is 32.5 Å². The Morgan fingerprint density at radius 2 is 1.68 bits per heavy atom. The Kier molecular flexibility index (Phi) is 9.33. The summed E-state index contributed by atoms with van der Waals surface area (Å²) in [5.74, 6) is -7.21. The lowest BCUT2D eigenvalue weighted by atomic mass is 9.92. The Morgan fingerprint density at radius 1 is 0.938 bits per heavy atom. The summed E-state index contributed by atoms with van der Waals surface area (Å²) < 4.78 is 104. The van der Waals surface area contributed by atoms with E-state index in [9.17, 15) is 31.5 Å². The molecule has 1 saturated heterocycles. The van der Waals surface area contributed by atoms with E-state index in [1.807, 2.05) is 42.5 Å². The van der Waals surface area contributed by atoms with Gasteiger partial charge >= 0.3 is 6.18 Å². The summed E-state index contributed by atoms with van der Waals surface area (Å²) in [6, 6.07) is 16.5. The molecule has 2 amide bonds. The maximum atomic E-state index is 15.3. The zero-order valence-corrected chi connectivity index (χ0v) is 35.2. The van der Waals surface area contributed by atoms with Crippen molar-refractivity contribution in [2.45, 2.75) is 68.7 Å². The van der Waals surface area contributed by atoms with E-state index in [0.29, 0.717) is 63.4 Å². The van der Waals surface area contributed by atoms with Gasteiger partial charge in [0.1, 0.15) is 23.9 Å². The number of hydrogen-bond donors (Lipinski definition) is 3. The number of nitrogens with one attached hydrogen (secondary N) is 3. The van der Waals surface area contributed by atoms with Crippen LogP contribution in [0.4, 0.5) is 41.8 Å². The van der Waals surface area contributed by atoms with Crippen LogP contribution in [0.15, 0.2) is 66.7 Å². The number of halogens is 7. The van der Waals surface area contributed by atoms with E-state index in [2.05, 4.69) is 30.5 Å². The van der Waals surface area contributed by atoms with Crippen LogP contribution in [0.1, 0.15) is 82.3 Å². The maximum absolute atomic E-state index is 15.3. The molecule has 7 aromatic rings. The Labute approximate surface area is 368 Å². The van der Waals surface area contributed by atoms with Gasteiger partial charge in [0.15, 0.2) is 16.5 Å². The van der Waals surface area contributed by atoms with Gasteiger partial charge in [-0.05, 0) is 78.3 Å². The molecule has 4 aromatic heterocycles. The molecular formula is C45H37F7N10O2S.